The minimum Gasteiger partial charge on any atom is -0.508 e. The van der Waals surface area contributed by atoms with Crippen LogP contribution in [0.15, 0.2) is 24.3 Å². The van der Waals surface area contributed by atoms with E-state index in [1.54, 1.807) is 29.2 Å². The first-order chi connectivity index (χ1) is 10.0. The van der Waals surface area contributed by atoms with E-state index in [-0.39, 0.29) is 24.4 Å². The monoisotopic (exact) mass is 293 g/mol. The van der Waals surface area contributed by atoms with Crippen molar-refractivity contribution in [2.24, 2.45) is 0 Å². The maximum atomic E-state index is 12.2. The minimum atomic E-state index is -0.971. The number of carbonyl (C=O) groups excluding carboxylic acids is 1. The Morgan fingerprint density at radius 1 is 1.19 bits per heavy atom. The average molecular weight is 293 g/mol. The second-order valence-electron chi connectivity index (χ2n) is 5.13. The van der Waals surface area contributed by atoms with Gasteiger partial charge in [0.1, 0.15) is 12.4 Å². The largest absolute Gasteiger partial charge is 0.508 e. The fourth-order valence-corrected chi connectivity index (χ4v) is 2.36. The molecule has 0 radical (unpaired) electrons. The molecule has 1 aromatic rings. The number of benzene rings is 1. The van der Waals surface area contributed by atoms with Crippen molar-refractivity contribution in [3.05, 3.63) is 29.8 Å². The molecule has 1 aliphatic rings. The molecule has 6 heteroatoms. The lowest BCUT2D eigenvalue weighted by Gasteiger charge is -2.31. The topological polar surface area (TPSA) is 87.1 Å². The van der Waals surface area contributed by atoms with Crippen LogP contribution < -0.4 is 0 Å². The molecular weight excluding hydrogens is 274 g/mol. The molecule has 2 N–H and O–H groups in total. The average Bonchev–Trinajstić information content (AvgIpc) is 2.48. The molecule has 0 saturated carbocycles. The van der Waals surface area contributed by atoms with Gasteiger partial charge in [0.05, 0.1) is 12.5 Å². The van der Waals surface area contributed by atoms with Crippen LogP contribution in [0, 0.1) is 0 Å². The summed E-state index contributed by atoms with van der Waals surface area (Å²) in [6.07, 6.45) is 1.54. The molecule has 21 heavy (non-hydrogen) atoms. The van der Waals surface area contributed by atoms with E-state index in [2.05, 4.69) is 0 Å². The van der Waals surface area contributed by atoms with Gasteiger partial charge in [-0.3, -0.25) is 4.79 Å². The van der Waals surface area contributed by atoms with E-state index in [0.29, 0.717) is 32.4 Å². The second-order valence-corrected chi connectivity index (χ2v) is 5.13. The number of carboxylic acid groups (broad SMARTS) is 1. The summed E-state index contributed by atoms with van der Waals surface area (Å²) in [4.78, 5) is 24.4. The van der Waals surface area contributed by atoms with Crippen molar-refractivity contribution >= 4 is 11.9 Å². The maximum Gasteiger partial charge on any atom is 0.329 e. The number of likely N-dealkylation sites (tertiary alicyclic amines) is 1. The zero-order valence-electron chi connectivity index (χ0n) is 11.7. The Bertz CT molecular complexity index is 491. The molecule has 0 unspecified atom stereocenters. The molecule has 0 aromatic heterocycles. The summed E-state index contributed by atoms with van der Waals surface area (Å²) in [5.41, 5.74) is 0.863. The van der Waals surface area contributed by atoms with Crippen molar-refractivity contribution in [2.75, 3.05) is 19.7 Å². The van der Waals surface area contributed by atoms with Crippen LogP contribution in [0.5, 0.6) is 5.75 Å². The summed E-state index contributed by atoms with van der Waals surface area (Å²) in [6, 6.07) is 6.59. The van der Waals surface area contributed by atoms with Gasteiger partial charge in [-0.1, -0.05) is 12.1 Å². The third kappa shape index (κ3) is 4.75. The predicted molar refractivity (Wildman–Crippen MR) is 75.0 cm³/mol. The number of hydrogen-bond donors (Lipinski definition) is 2. The Labute approximate surface area is 122 Å². The van der Waals surface area contributed by atoms with Crippen molar-refractivity contribution in [3.63, 3.8) is 0 Å². The highest BCUT2D eigenvalue weighted by Crippen LogP contribution is 2.16. The van der Waals surface area contributed by atoms with Gasteiger partial charge in [-0.05, 0) is 30.5 Å². The summed E-state index contributed by atoms with van der Waals surface area (Å²) < 4.78 is 5.24. The molecule has 0 aliphatic carbocycles. The molecule has 0 spiro atoms. The fraction of sp³-hybridized carbons (Fsp3) is 0.467. The van der Waals surface area contributed by atoms with Gasteiger partial charge in [-0.15, -0.1) is 0 Å². The number of hydrogen-bond acceptors (Lipinski definition) is 4. The summed E-state index contributed by atoms with van der Waals surface area (Å²) >= 11 is 0. The predicted octanol–water partition coefficient (Wildman–Crippen LogP) is 1.03. The van der Waals surface area contributed by atoms with Crippen LogP contribution in [-0.2, 0) is 20.7 Å². The fourth-order valence-electron chi connectivity index (χ4n) is 2.36. The number of aliphatic carboxylic acids is 1. The van der Waals surface area contributed by atoms with E-state index in [4.69, 9.17) is 9.84 Å². The van der Waals surface area contributed by atoms with Gasteiger partial charge in [0.2, 0.25) is 5.91 Å². The highest BCUT2D eigenvalue weighted by Gasteiger charge is 2.23. The van der Waals surface area contributed by atoms with Gasteiger partial charge in [0.25, 0.3) is 0 Å². The number of phenolic OH excluding ortho intramolecular Hbond substituents is 1. The van der Waals surface area contributed by atoms with Crippen LogP contribution >= 0.6 is 0 Å². The quantitative estimate of drug-likeness (QED) is 0.846. The van der Waals surface area contributed by atoms with Gasteiger partial charge in [0.15, 0.2) is 0 Å². The molecule has 1 aliphatic heterocycles. The SMILES string of the molecule is O=C(O)COC1CCN(C(=O)Cc2ccc(O)cc2)CC1. The van der Waals surface area contributed by atoms with E-state index in [1.165, 1.54) is 0 Å². The summed E-state index contributed by atoms with van der Waals surface area (Å²) in [6.45, 7) is 0.883. The van der Waals surface area contributed by atoms with Crippen LogP contribution in [0.3, 0.4) is 0 Å². The van der Waals surface area contributed by atoms with Gasteiger partial charge < -0.3 is 19.8 Å². The molecule has 1 amide bonds. The summed E-state index contributed by atoms with van der Waals surface area (Å²) in [5.74, 6) is -0.749. The molecular formula is C15H19NO5. The Balaban J connectivity index is 1.77. The van der Waals surface area contributed by atoms with Crippen LogP contribution in [0.2, 0.25) is 0 Å². The van der Waals surface area contributed by atoms with Crippen molar-refractivity contribution in [2.45, 2.75) is 25.4 Å². The Hall–Kier alpha value is -2.08. The Morgan fingerprint density at radius 2 is 1.81 bits per heavy atom. The van der Waals surface area contributed by atoms with Crippen molar-refractivity contribution in [3.8, 4) is 5.75 Å². The van der Waals surface area contributed by atoms with Crippen molar-refractivity contribution in [1.29, 1.82) is 0 Å². The van der Waals surface area contributed by atoms with Crippen LogP contribution in [0.25, 0.3) is 0 Å². The normalized spacial score (nSPS) is 15.9. The first-order valence-corrected chi connectivity index (χ1v) is 6.93. The third-order valence-electron chi connectivity index (χ3n) is 3.53. The van der Waals surface area contributed by atoms with E-state index in [0.717, 1.165) is 5.56 Å². The highest BCUT2D eigenvalue weighted by molar-refractivity contribution is 5.78. The lowest BCUT2D eigenvalue weighted by Crippen LogP contribution is -2.41. The molecule has 1 aromatic carbocycles. The van der Waals surface area contributed by atoms with Gasteiger partial charge in [-0.2, -0.15) is 0 Å². The highest BCUT2D eigenvalue weighted by atomic mass is 16.5. The van der Waals surface area contributed by atoms with Gasteiger partial charge in [0, 0.05) is 13.1 Å². The lowest BCUT2D eigenvalue weighted by molar-refractivity contribution is -0.146. The van der Waals surface area contributed by atoms with Crippen LogP contribution in [0.4, 0.5) is 0 Å². The number of carboxylic acids is 1. The van der Waals surface area contributed by atoms with Crippen molar-refractivity contribution < 1.29 is 24.5 Å². The number of piperidine rings is 1. The zero-order valence-corrected chi connectivity index (χ0v) is 11.7. The van der Waals surface area contributed by atoms with Gasteiger partial charge >= 0.3 is 5.97 Å². The van der Waals surface area contributed by atoms with Crippen molar-refractivity contribution in [1.82, 2.24) is 4.90 Å². The molecule has 1 fully saturated rings. The first-order valence-electron chi connectivity index (χ1n) is 6.93. The van der Waals surface area contributed by atoms with E-state index >= 15 is 0 Å². The van der Waals surface area contributed by atoms with E-state index in [1.807, 2.05) is 0 Å². The molecule has 1 saturated heterocycles. The Morgan fingerprint density at radius 3 is 2.38 bits per heavy atom. The molecule has 2 rings (SSSR count). The molecule has 6 nitrogen and oxygen atoms in total. The summed E-state index contributed by atoms with van der Waals surface area (Å²) in [5, 5.41) is 17.8. The summed E-state index contributed by atoms with van der Waals surface area (Å²) in [7, 11) is 0. The zero-order chi connectivity index (χ0) is 15.2. The van der Waals surface area contributed by atoms with Crippen LogP contribution in [0.1, 0.15) is 18.4 Å². The minimum absolute atomic E-state index is 0.0392. The molecule has 0 atom stereocenters. The molecule has 114 valence electrons. The standard InChI is InChI=1S/C15H19NO5/c17-12-3-1-11(2-4-12)9-14(18)16-7-5-13(6-8-16)21-10-15(19)20/h1-4,13,17H,5-10H2,(H,19,20). The number of ether oxygens (including phenoxy) is 1. The number of nitrogens with zero attached hydrogens (tertiary/aromatic N) is 1. The molecule has 0 bridgehead atoms. The number of amides is 1. The Kier molecular flexibility index (Phi) is 5.16. The second kappa shape index (κ2) is 7.08. The van der Waals surface area contributed by atoms with E-state index < -0.39 is 5.97 Å². The van der Waals surface area contributed by atoms with Gasteiger partial charge in [-0.25, -0.2) is 4.79 Å². The maximum absolute atomic E-state index is 12.2. The number of phenols is 1. The smallest absolute Gasteiger partial charge is 0.329 e. The number of carbonyl (C=O) groups is 2. The third-order valence-corrected chi connectivity index (χ3v) is 3.53. The van der Waals surface area contributed by atoms with Crippen LogP contribution in [-0.4, -0.2) is 52.8 Å². The number of rotatable bonds is 5. The lowest BCUT2D eigenvalue weighted by atomic mass is 10.1. The first kappa shape index (κ1) is 15.3. The molecule has 1 heterocycles. The number of aromatic hydroxyl groups is 1. The van der Waals surface area contributed by atoms with E-state index in [9.17, 15) is 14.7 Å².